The first-order valence-corrected chi connectivity index (χ1v) is 6.77. The van der Waals surface area contributed by atoms with Crippen molar-refractivity contribution in [2.75, 3.05) is 23.8 Å². The quantitative estimate of drug-likeness (QED) is 0.671. The molecule has 1 fully saturated rings. The average molecular weight is 263 g/mol. The van der Waals surface area contributed by atoms with Crippen molar-refractivity contribution in [3.8, 4) is 0 Å². The summed E-state index contributed by atoms with van der Waals surface area (Å²) >= 11 is 0. The fourth-order valence-electron chi connectivity index (χ4n) is 2.71. The third-order valence-corrected chi connectivity index (χ3v) is 4.11. The number of piperidine rings is 1. The van der Waals surface area contributed by atoms with Crippen LogP contribution in [0.25, 0.3) is 0 Å². The minimum Gasteiger partial charge on any atom is -0.388 e. The Morgan fingerprint density at radius 2 is 2.11 bits per heavy atom. The van der Waals surface area contributed by atoms with Crippen molar-refractivity contribution in [2.24, 2.45) is 5.92 Å². The van der Waals surface area contributed by atoms with Crippen LogP contribution in [-0.2, 0) is 0 Å². The summed E-state index contributed by atoms with van der Waals surface area (Å²) in [5.74, 6) is 0.617. The SMILES string of the molecule is CNc1cc(N2CCCC(C)C2C)cc([N+](=O)[O-])c1. The molecule has 0 aromatic heterocycles. The summed E-state index contributed by atoms with van der Waals surface area (Å²) in [6, 6.07) is 5.65. The molecule has 0 bridgehead atoms. The van der Waals surface area contributed by atoms with E-state index in [1.165, 1.54) is 6.42 Å². The van der Waals surface area contributed by atoms with Crippen LogP contribution in [0, 0.1) is 16.0 Å². The van der Waals surface area contributed by atoms with Crippen LogP contribution in [0.2, 0.25) is 0 Å². The summed E-state index contributed by atoms with van der Waals surface area (Å²) in [6.45, 7) is 5.41. The molecule has 104 valence electrons. The van der Waals surface area contributed by atoms with Crippen molar-refractivity contribution in [1.29, 1.82) is 0 Å². The lowest BCUT2D eigenvalue weighted by Gasteiger charge is -2.39. The highest BCUT2D eigenvalue weighted by molar-refractivity contribution is 5.64. The molecule has 1 aliphatic rings. The van der Waals surface area contributed by atoms with E-state index in [0.717, 1.165) is 24.3 Å². The van der Waals surface area contributed by atoms with E-state index in [0.29, 0.717) is 12.0 Å². The van der Waals surface area contributed by atoms with Gasteiger partial charge < -0.3 is 10.2 Å². The maximum absolute atomic E-state index is 11.0. The molecule has 0 radical (unpaired) electrons. The van der Waals surface area contributed by atoms with Crippen LogP contribution in [0.15, 0.2) is 18.2 Å². The van der Waals surface area contributed by atoms with Crippen LogP contribution in [0.1, 0.15) is 26.7 Å². The molecule has 0 saturated carbocycles. The number of hydrogen-bond acceptors (Lipinski definition) is 4. The van der Waals surface area contributed by atoms with Crippen molar-refractivity contribution in [1.82, 2.24) is 0 Å². The van der Waals surface area contributed by atoms with Crippen molar-refractivity contribution < 1.29 is 4.92 Å². The molecular weight excluding hydrogens is 242 g/mol. The van der Waals surface area contributed by atoms with E-state index in [1.54, 1.807) is 19.2 Å². The largest absolute Gasteiger partial charge is 0.388 e. The monoisotopic (exact) mass is 263 g/mol. The number of anilines is 2. The van der Waals surface area contributed by atoms with Gasteiger partial charge in [-0.2, -0.15) is 0 Å². The Morgan fingerprint density at radius 1 is 1.37 bits per heavy atom. The highest BCUT2D eigenvalue weighted by Gasteiger charge is 2.26. The number of nitrogens with one attached hydrogen (secondary N) is 1. The number of nitro benzene ring substituents is 1. The Bertz CT molecular complexity index is 476. The Morgan fingerprint density at radius 3 is 2.74 bits per heavy atom. The zero-order chi connectivity index (χ0) is 14.0. The van der Waals surface area contributed by atoms with E-state index in [-0.39, 0.29) is 10.6 Å². The fraction of sp³-hybridized carbons (Fsp3) is 0.571. The van der Waals surface area contributed by atoms with Crippen LogP contribution in [0.5, 0.6) is 0 Å². The second-order valence-corrected chi connectivity index (χ2v) is 5.30. The molecule has 1 aromatic carbocycles. The van der Waals surface area contributed by atoms with Gasteiger partial charge in [0.2, 0.25) is 0 Å². The Kier molecular flexibility index (Phi) is 3.93. The predicted molar refractivity (Wildman–Crippen MR) is 77.8 cm³/mol. The van der Waals surface area contributed by atoms with Crippen LogP contribution < -0.4 is 10.2 Å². The lowest BCUT2D eigenvalue weighted by atomic mass is 9.91. The molecule has 1 aliphatic heterocycles. The summed E-state index contributed by atoms with van der Waals surface area (Å²) in [7, 11) is 1.78. The maximum Gasteiger partial charge on any atom is 0.273 e. The highest BCUT2D eigenvalue weighted by Crippen LogP contribution is 2.32. The number of rotatable bonds is 3. The van der Waals surface area contributed by atoms with Crippen molar-refractivity contribution in [3.05, 3.63) is 28.3 Å². The molecule has 1 saturated heterocycles. The number of hydrogen-bond donors (Lipinski definition) is 1. The Hall–Kier alpha value is -1.78. The Labute approximate surface area is 113 Å². The van der Waals surface area contributed by atoms with Gasteiger partial charge in [0.25, 0.3) is 5.69 Å². The maximum atomic E-state index is 11.0. The van der Waals surface area contributed by atoms with Crippen LogP contribution >= 0.6 is 0 Å². The van der Waals surface area contributed by atoms with Gasteiger partial charge in [-0.3, -0.25) is 10.1 Å². The van der Waals surface area contributed by atoms with Gasteiger partial charge in [-0.15, -0.1) is 0 Å². The molecule has 5 heteroatoms. The first-order chi connectivity index (χ1) is 9.02. The molecule has 1 heterocycles. The number of benzene rings is 1. The third kappa shape index (κ3) is 2.80. The van der Waals surface area contributed by atoms with Crippen molar-refractivity contribution >= 4 is 17.1 Å². The lowest BCUT2D eigenvalue weighted by molar-refractivity contribution is -0.384. The smallest absolute Gasteiger partial charge is 0.273 e. The summed E-state index contributed by atoms with van der Waals surface area (Å²) in [5, 5.41) is 14.0. The van der Waals surface area contributed by atoms with Crippen molar-refractivity contribution in [3.63, 3.8) is 0 Å². The van der Waals surface area contributed by atoms with Gasteiger partial charge >= 0.3 is 0 Å². The fourth-order valence-corrected chi connectivity index (χ4v) is 2.71. The second kappa shape index (κ2) is 5.47. The van der Waals surface area contributed by atoms with E-state index >= 15 is 0 Å². The van der Waals surface area contributed by atoms with Gasteiger partial charge in [-0.1, -0.05) is 6.92 Å². The van der Waals surface area contributed by atoms with E-state index < -0.39 is 0 Å². The summed E-state index contributed by atoms with van der Waals surface area (Å²) in [5.41, 5.74) is 1.87. The molecule has 2 rings (SSSR count). The zero-order valence-electron chi connectivity index (χ0n) is 11.7. The Balaban J connectivity index is 2.37. The summed E-state index contributed by atoms with van der Waals surface area (Å²) in [6.07, 6.45) is 2.37. The van der Waals surface area contributed by atoms with Gasteiger partial charge in [0.05, 0.1) is 4.92 Å². The molecule has 5 nitrogen and oxygen atoms in total. The van der Waals surface area contributed by atoms with Gasteiger partial charge in [0.1, 0.15) is 0 Å². The first kappa shape index (κ1) is 13.6. The normalized spacial score (nSPS) is 23.2. The minimum absolute atomic E-state index is 0.146. The topological polar surface area (TPSA) is 58.4 Å². The minimum atomic E-state index is -0.331. The molecule has 0 aliphatic carbocycles. The molecule has 1 aromatic rings. The van der Waals surface area contributed by atoms with Gasteiger partial charge in [-0.05, 0) is 31.7 Å². The van der Waals surface area contributed by atoms with Crippen LogP contribution in [0.4, 0.5) is 17.1 Å². The van der Waals surface area contributed by atoms with E-state index in [9.17, 15) is 10.1 Å². The molecule has 1 N–H and O–H groups in total. The molecule has 2 unspecified atom stereocenters. The third-order valence-electron chi connectivity index (χ3n) is 4.11. The van der Waals surface area contributed by atoms with Crippen LogP contribution in [0.3, 0.4) is 0 Å². The van der Waals surface area contributed by atoms with E-state index in [2.05, 4.69) is 24.1 Å². The molecule has 0 spiro atoms. The van der Waals surface area contributed by atoms with Crippen molar-refractivity contribution in [2.45, 2.75) is 32.7 Å². The van der Waals surface area contributed by atoms with E-state index in [1.807, 2.05) is 6.07 Å². The average Bonchev–Trinajstić information content (AvgIpc) is 2.41. The zero-order valence-corrected chi connectivity index (χ0v) is 11.7. The van der Waals surface area contributed by atoms with Gasteiger partial charge in [0, 0.05) is 43.1 Å². The van der Waals surface area contributed by atoms with Gasteiger partial charge in [0.15, 0.2) is 0 Å². The molecular formula is C14H21N3O2. The first-order valence-electron chi connectivity index (χ1n) is 6.77. The van der Waals surface area contributed by atoms with Gasteiger partial charge in [-0.25, -0.2) is 0 Å². The van der Waals surface area contributed by atoms with Crippen LogP contribution in [-0.4, -0.2) is 24.6 Å². The second-order valence-electron chi connectivity index (χ2n) is 5.30. The van der Waals surface area contributed by atoms with E-state index in [4.69, 9.17) is 0 Å². The summed E-state index contributed by atoms with van der Waals surface area (Å²) in [4.78, 5) is 13.0. The number of non-ortho nitro benzene ring substituents is 1. The molecule has 19 heavy (non-hydrogen) atoms. The summed E-state index contributed by atoms with van der Waals surface area (Å²) < 4.78 is 0. The molecule has 0 amide bonds. The lowest BCUT2D eigenvalue weighted by Crippen LogP contribution is -2.42. The highest BCUT2D eigenvalue weighted by atomic mass is 16.6. The predicted octanol–water partition coefficient (Wildman–Crippen LogP) is 3.26. The number of nitrogens with zero attached hydrogens (tertiary/aromatic N) is 2. The number of nitro groups is 1. The molecule has 2 atom stereocenters. The standard InChI is InChI=1S/C14H21N3O2/c1-10-5-4-6-16(11(10)2)13-7-12(15-3)8-14(9-13)17(18)19/h7-11,15H,4-6H2,1-3H3.